The molecular formula is C8H19NO4S. The highest BCUT2D eigenvalue weighted by molar-refractivity contribution is 7.85. The van der Waals surface area contributed by atoms with Crippen LogP contribution in [-0.4, -0.2) is 45.5 Å². The SMILES string of the molecule is COCCCCNCCCS(=O)(=O)O. The van der Waals surface area contributed by atoms with Gasteiger partial charge >= 0.3 is 0 Å². The van der Waals surface area contributed by atoms with Gasteiger partial charge in [0, 0.05) is 13.7 Å². The van der Waals surface area contributed by atoms with Crippen LogP contribution in [0, 0.1) is 0 Å². The molecule has 0 spiro atoms. The minimum atomic E-state index is -3.79. The first-order valence-corrected chi connectivity index (χ1v) is 6.32. The number of methoxy groups -OCH3 is 1. The number of unbranched alkanes of at least 4 members (excludes halogenated alkanes) is 1. The van der Waals surface area contributed by atoms with Gasteiger partial charge in [0.05, 0.1) is 5.75 Å². The zero-order valence-corrected chi connectivity index (χ0v) is 9.35. The van der Waals surface area contributed by atoms with Gasteiger partial charge in [-0.2, -0.15) is 8.42 Å². The largest absolute Gasteiger partial charge is 0.385 e. The molecule has 0 aliphatic rings. The van der Waals surface area contributed by atoms with Gasteiger partial charge in [-0.25, -0.2) is 0 Å². The summed E-state index contributed by atoms with van der Waals surface area (Å²) >= 11 is 0. The van der Waals surface area contributed by atoms with E-state index in [1.165, 1.54) is 0 Å². The second-order valence-electron chi connectivity index (χ2n) is 3.09. The van der Waals surface area contributed by atoms with E-state index in [2.05, 4.69) is 5.32 Å². The smallest absolute Gasteiger partial charge is 0.264 e. The lowest BCUT2D eigenvalue weighted by Crippen LogP contribution is -2.19. The summed E-state index contributed by atoms with van der Waals surface area (Å²) in [5, 5.41) is 3.09. The van der Waals surface area contributed by atoms with E-state index < -0.39 is 10.1 Å². The summed E-state index contributed by atoms with van der Waals surface area (Å²) in [7, 11) is -2.12. The van der Waals surface area contributed by atoms with Gasteiger partial charge in [0.1, 0.15) is 0 Å². The summed E-state index contributed by atoms with van der Waals surface area (Å²) in [6, 6.07) is 0. The Labute approximate surface area is 85.6 Å². The average molecular weight is 225 g/mol. The number of rotatable bonds is 9. The maximum Gasteiger partial charge on any atom is 0.264 e. The Balaban J connectivity index is 3.07. The van der Waals surface area contributed by atoms with Crippen LogP contribution in [0.25, 0.3) is 0 Å². The van der Waals surface area contributed by atoms with E-state index in [0.29, 0.717) is 13.0 Å². The van der Waals surface area contributed by atoms with Crippen LogP contribution in [0.15, 0.2) is 0 Å². The Morgan fingerprint density at radius 1 is 1.21 bits per heavy atom. The van der Waals surface area contributed by atoms with E-state index in [1.807, 2.05) is 0 Å². The molecule has 0 saturated carbocycles. The molecule has 0 saturated heterocycles. The van der Waals surface area contributed by atoms with Gasteiger partial charge in [-0.1, -0.05) is 0 Å². The zero-order chi connectivity index (χ0) is 10.9. The molecule has 5 nitrogen and oxygen atoms in total. The Kier molecular flexibility index (Phi) is 8.07. The molecule has 0 aromatic heterocycles. The Morgan fingerprint density at radius 2 is 1.86 bits per heavy atom. The number of hydrogen-bond donors (Lipinski definition) is 2. The fourth-order valence-corrected chi connectivity index (χ4v) is 1.51. The van der Waals surface area contributed by atoms with Crippen LogP contribution in [0.3, 0.4) is 0 Å². The summed E-state index contributed by atoms with van der Waals surface area (Å²) in [5.41, 5.74) is 0. The van der Waals surface area contributed by atoms with Crippen molar-refractivity contribution >= 4 is 10.1 Å². The molecule has 14 heavy (non-hydrogen) atoms. The molecule has 0 amide bonds. The van der Waals surface area contributed by atoms with Crippen LogP contribution in [0.1, 0.15) is 19.3 Å². The maximum absolute atomic E-state index is 10.3. The highest BCUT2D eigenvalue weighted by Crippen LogP contribution is 1.89. The third kappa shape index (κ3) is 11.8. The van der Waals surface area contributed by atoms with Crippen molar-refractivity contribution in [3.8, 4) is 0 Å². The lowest BCUT2D eigenvalue weighted by Gasteiger charge is -2.03. The molecule has 0 rings (SSSR count). The number of ether oxygens (including phenoxy) is 1. The fourth-order valence-electron chi connectivity index (χ4n) is 1.00. The lowest BCUT2D eigenvalue weighted by atomic mass is 10.3. The lowest BCUT2D eigenvalue weighted by molar-refractivity contribution is 0.192. The van der Waals surface area contributed by atoms with Crippen molar-refractivity contribution < 1.29 is 17.7 Å². The minimum Gasteiger partial charge on any atom is -0.385 e. The molecule has 0 aliphatic heterocycles. The second kappa shape index (κ2) is 8.16. The molecule has 0 aromatic rings. The van der Waals surface area contributed by atoms with E-state index in [0.717, 1.165) is 26.0 Å². The fraction of sp³-hybridized carbons (Fsp3) is 1.00. The summed E-state index contributed by atoms with van der Waals surface area (Å²) < 4.78 is 33.9. The van der Waals surface area contributed by atoms with Crippen molar-refractivity contribution in [3.05, 3.63) is 0 Å². The van der Waals surface area contributed by atoms with Crippen molar-refractivity contribution in [1.82, 2.24) is 5.32 Å². The quantitative estimate of drug-likeness (QED) is 0.435. The topological polar surface area (TPSA) is 75.6 Å². The Hall–Kier alpha value is -0.170. The molecule has 0 fully saturated rings. The first kappa shape index (κ1) is 13.8. The van der Waals surface area contributed by atoms with Crippen LogP contribution in [0.5, 0.6) is 0 Å². The van der Waals surface area contributed by atoms with Crippen LogP contribution in [0.2, 0.25) is 0 Å². The van der Waals surface area contributed by atoms with E-state index in [1.54, 1.807) is 7.11 Å². The van der Waals surface area contributed by atoms with Gasteiger partial charge in [0.2, 0.25) is 0 Å². The first-order valence-electron chi connectivity index (χ1n) is 4.71. The standard InChI is InChI=1S/C8H19NO4S/c1-13-7-3-2-5-9-6-4-8-14(10,11)12/h9H,2-8H2,1H3,(H,10,11,12). The van der Waals surface area contributed by atoms with Crippen molar-refractivity contribution in [2.75, 3.05) is 32.6 Å². The van der Waals surface area contributed by atoms with E-state index in [-0.39, 0.29) is 5.75 Å². The number of hydrogen-bond acceptors (Lipinski definition) is 4. The predicted molar refractivity (Wildman–Crippen MR) is 55.0 cm³/mol. The summed E-state index contributed by atoms with van der Waals surface area (Å²) in [6.45, 7) is 2.23. The monoisotopic (exact) mass is 225 g/mol. The highest BCUT2D eigenvalue weighted by Gasteiger charge is 2.02. The summed E-state index contributed by atoms with van der Waals surface area (Å²) in [4.78, 5) is 0. The maximum atomic E-state index is 10.3. The highest BCUT2D eigenvalue weighted by atomic mass is 32.2. The van der Waals surface area contributed by atoms with Crippen LogP contribution in [0.4, 0.5) is 0 Å². The van der Waals surface area contributed by atoms with Crippen LogP contribution < -0.4 is 5.32 Å². The van der Waals surface area contributed by atoms with E-state index >= 15 is 0 Å². The molecule has 0 unspecified atom stereocenters. The molecule has 6 heteroatoms. The third-order valence-electron chi connectivity index (χ3n) is 1.71. The predicted octanol–water partition coefficient (Wildman–Crippen LogP) is 0.281. The molecule has 0 radical (unpaired) electrons. The molecule has 0 aromatic carbocycles. The van der Waals surface area contributed by atoms with Gasteiger partial charge in [0.25, 0.3) is 10.1 Å². The molecule has 0 aliphatic carbocycles. The minimum absolute atomic E-state index is 0.169. The van der Waals surface area contributed by atoms with E-state index in [4.69, 9.17) is 9.29 Å². The molecule has 0 atom stereocenters. The summed E-state index contributed by atoms with van der Waals surface area (Å²) in [6.07, 6.45) is 2.46. The molecule has 0 bridgehead atoms. The average Bonchev–Trinajstić information content (AvgIpc) is 2.08. The molecule has 0 heterocycles. The van der Waals surface area contributed by atoms with Crippen LogP contribution in [-0.2, 0) is 14.9 Å². The van der Waals surface area contributed by atoms with E-state index in [9.17, 15) is 8.42 Å². The van der Waals surface area contributed by atoms with Gasteiger partial charge in [0.15, 0.2) is 0 Å². The zero-order valence-electron chi connectivity index (χ0n) is 8.53. The Bertz CT molecular complexity index is 215. The normalized spacial score (nSPS) is 11.9. The van der Waals surface area contributed by atoms with Crippen molar-refractivity contribution in [1.29, 1.82) is 0 Å². The Morgan fingerprint density at radius 3 is 2.43 bits per heavy atom. The van der Waals surface area contributed by atoms with Crippen molar-refractivity contribution in [2.24, 2.45) is 0 Å². The van der Waals surface area contributed by atoms with Gasteiger partial charge in [-0.3, -0.25) is 4.55 Å². The van der Waals surface area contributed by atoms with Gasteiger partial charge < -0.3 is 10.1 Å². The summed E-state index contributed by atoms with van der Waals surface area (Å²) in [5.74, 6) is -0.169. The van der Waals surface area contributed by atoms with Crippen LogP contribution >= 0.6 is 0 Å². The third-order valence-corrected chi connectivity index (χ3v) is 2.51. The second-order valence-corrected chi connectivity index (χ2v) is 4.66. The molecule has 2 N–H and O–H groups in total. The first-order chi connectivity index (χ1) is 6.56. The molecular weight excluding hydrogens is 206 g/mol. The van der Waals surface area contributed by atoms with Gasteiger partial charge in [-0.15, -0.1) is 0 Å². The molecule has 86 valence electrons. The van der Waals surface area contributed by atoms with Crippen molar-refractivity contribution in [3.63, 3.8) is 0 Å². The van der Waals surface area contributed by atoms with Gasteiger partial charge in [-0.05, 0) is 32.4 Å². The number of nitrogens with one attached hydrogen (secondary N) is 1. The van der Waals surface area contributed by atoms with Crippen molar-refractivity contribution in [2.45, 2.75) is 19.3 Å².